The van der Waals surface area contributed by atoms with Gasteiger partial charge in [0.15, 0.2) is 0 Å². The molecule has 0 aliphatic rings. The fourth-order valence-corrected chi connectivity index (χ4v) is 4.32. The second kappa shape index (κ2) is 13.5. The summed E-state index contributed by atoms with van der Waals surface area (Å²) in [5.41, 5.74) is 2.46. The molecule has 35 heavy (non-hydrogen) atoms. The maximum absolute atomic E-state index is 13.7. The Hall–Kier alpha value is -2.53. The zero-order valence-corrected chi connectivity index (χ0v) is 21.9. The minimum absolute atomic E-state index is 0.0779. The normalized spacial score (nSPS) is 11.7. The number of halogens is 3. The molecule has 7 heteroatoms. The number of hydrogen-bond acceptors (Lipinski definition) is 2. The first-order valence-electron chi connectivity index (χ1n) is 11.7. The molecule has 184 valence electrons. The molecule has 3 aromatic carbocycles. The lowest BCUT2D eigenvalue weighted by atomic mass is 10.0. The summed E-state index contributed by atoms with van der Waals surface area (Å²) in [7, 11) is 0. The lowest BCUT2D eigenvalue weighted by molar-refractivity contribution is -0.140. The molecule has 2 amide bonds. The van der Waals surface area contributed by atoms with Crippen molar-refractivity contribution in [1.82, 2.24) is 10.2 Å². The molecular formula is C28H29Cl3N2O2. The predicted molar refractivity (Wildman–Crippen MR) is 144 cm³/mol. The number of nitrogens with one attached hydrogen (secondary N) is 1. The molecular weight excluding hydrogens is 503 g/mol. The molecule has 3 aromatic rings. The van der Waals surface area contributed by atoms with Crippen molar-refractivity contribution in [2.45, 2.75) is 45.2 Å². The smallest absolute Gasteiger partial charge is 0.243 e. The molecule has 0 spiro atoms. The number of benzene rings is 3. The van der Waals surface area contributed by atoms with Gasteiger partial charge in [0.2, 0.25) is 11.8 Å². The van der Waals surface area contributed by atoms with Gasteiger partial charge in [-0.2, -0.15) is 0 Å². The highest BCUT2D eigenvalue weighted by Gasteiger charge is 2.30. The van der Waals surface area contributed by atoms with Crippen LogP contribution in [0.4, 0.5) is 0 Å². The van der Waals surface area contributed by atoms with Crippen LogP contribution in [0.3, 0.4) is 0 Å². The van der Waals surface area contributed by atoms with Crippen molar-refractivity contribution in [3.63, 3.8) is 0 Å². The Bertz CT molecular complexity index is 1140. The van der Waals surface area contributed by atoms with Crippen molar-refractivity contribution in [2.24, 2.45) is 0 Å². The third-order valence-electron chi connectivity index (χ3n) is 5.74. The molecule has 0 heterocycles. The number of carbonyl (C=O) groups excluding carboxylic acids is 2. The first kappa shape index (κ1) is 27.1. The van der Waals surface area contributed by atoms with Gasteiger partial charge in [-0.25, -0.2) is 0 Å². The molecule has 1 N–H and O–H groups in total. The molecule has 0 aliphatic carbocycles. The Balaban J connectivity index is 1.97. The van der Waals surface area contributed by atoms with Gasteiger partial charge in [0, 0.05) is 24.5 Å². The summed E-state index contributed by atoms with van der Waals surface area (Å²) in [6, 6.07) is 21.5. The van der Waals surface area contributed by atoms with E-state index in [9.17, 15) is 9.59 Å². The number of hydrogen-bond donors (Lipinski definition) is 1. The molecule has 0 saturated carbocycles. The van der Waals surface area contributed by atoms with Crippen LogP contribution in [-0.2, 0) is 29.0 Å². The van der Waals surface area contributed by atoms with Gasteiger partial charge in [-0.05, 0) is 41.3 Å². The first-order chi connectivity index (χ1) is 16.9. The van der Waals surface area contributed by atoms with Gasteiger partial charge < -0.3 is 10.2 Å². The summed E-state index contributed by atoms with van der Waals surface area (Å²) >= 11 is 18.7. The number of unbranched alkanes of at least 4 members (excludes halogenated alkanes) is 1. The molecule has 0 radical (unpaired) electrons. The largest absolute Gasteiger partial charge is 0.354 e. The van der Waals surface area contributed by atoms with E-state index in [-0.39, 0.29) is 24.8 Å². The molecule has 0 unspecified atom stereocenters. The topological polar surface area (TPSA) is 49.4 Å². The second-order valence-corrected chi connectivity index (χ2v) is 9.61. The minimum Gasteiger partial charge on any atom is -0.354 e. The van der Waals surface area contributed by atoms with E-state index in [1.54, 1.807) is 23.1 Å². The highest BCUT2D eigenvalue weighted by atomic mass is 35.5. The molecule has 0 aromatic heterocycles. The maximum Gasteiger partial charge on any atom is 0.243 e. The van der Waals surface area contributed by atoms with Crippen LogP contribution >= 0.6 is 34.8 Å². The van der Waals surface area contributed by atoms with Crippen molar-refractivity contribution in [2.75, 3.05) is 6.54 Å². The van der Waals surface area contributed by atoms with Crippen LogP contribution in [-0.4, -0.2) is 29.3 Å². The number of carbonyl (C=O) groups is 2. The number of rotatable bonds is 11. The molecule has 1 atom stereocenters. The molecule has 0 aliphatic heterocycles. The third-order valence-corrected chi connectivity index (χ3v) is 6.84. The average Bonchev–Trinajstić information content (AvgIpc) is 2.85. The van der Waals surface area contributed by atoms with E-state index in [0.29, 0.717) is 33.6 Å². The monoisotopic (exact) mass is 530 g/mol. The summed E-state index contributed by atoms with van der Waals surface area (Å²) in [6.45, 7) is 2.83. The van der Waals surface area contributed by atoms with Crippen LogP contribution in [0.5, 0.6) is 0 Å². The lowest BCUT2D eigenvalue weighted by Crippen LogP contribution is -2.51. The summed E-state index contributed by atoms with van der Waals surface area (Å²) in [5, 5.41) is 4.36. The van der Waals surface area contributed by atoms with Crippen LogP contribution in [0.1, 0.15) is 36.5 Å². The van der Waals surface area contributed by atoms with Gasteiger partial charge in [0.05, 0.1) is 16.5 Å². The zero-order valence-electron chi connectivity index (χ0n) is 19.6. The molecule has 3 rings (SSSR count). The van der Waals surface area contributed by atoms with Gasteiger partial charge >= 0.3 is 0 Å². The number of nitrogens with zero attached hydrogens (tertiary/aromatic N) is 1. The van der Waals surface area contributed by atoms with Crippen LogP contribution in [0.2, 0.25) is 15.1 Å². The van der Waals surface area contributed by atoms with E-state index in [0.717, 1.165) is 24.0 Å². The van der Waals surface area contributed by atoms with E-state index < -0.39 is 6.04 Å². The fraction of sp³-hybridized carbons (Fsp3) is 0.286. The first-order valence-corrected chi connectivity index (χ1v) is 12.8. The third kappa shape index (κ3) is 7.99. The summed E-state index contributed by atoms with van der Waals surface area (Å²) in [5.74, 6) is -0.384. The van der Waals surface area contributed by atoms with E-state index in [1.807, 2.05) is 54.6 Å². The fourth-order valence-electron chi connectivity index (χ4n) is 3.80. The van der Waals surface area contributed by atoms with E-state index >= 15 is 0 Å². The predicted octanol–water partition coefficient (Wildman–Crippen LogP) is 6.75. The Morgan fingerprint density at radius 1 is 0.857 bits per heavy atom. The van der Waals surface area contributed by atoms with Crippen molar-refractivity contribution >= 4 is 46.6 Å². The van der Waals surface area contributed by atoms with Crippen molar-refractivity contribution in [1.29, 1.82) is 0 Å². The summed E-state index contributed by atoms with van der Waals surface area (Å²) < 4.78 is 0. The molecule has 0 fully saturated rings. The lowest BCUT2D eigenvalue weighted by Gasteiger charge is -2.32. The maximum atomic E-state index is 13.7. The number of amides is 2. The standard InChI is InChI=1S/C28H29Cl3N2O2/c1-2-3-15-32-28(35)26(17-20-9-5-4-6-10-20)33(19-21-13-14-24(30)25(31)16-21)27(34)18-22-11-7-8-12-23(22)29/h4-14,16,26H,2-3,15,17-19H2,1H3,(H,32,35)/t26-/m1/s1. The SMILES string of the molecule is CCCCNC(=O)[C@@H](Cc1ccccc1)N(Cc1ccc(Cl)c(Cl)c1)C(=O)Cc1ccccc1Cl. The van der Waals surface area contributed by atoms with E-state index in [2.05, 4.69) is 12.2 Å². The molecule has 0 bridgehead atoms. The minimum atomic E-state index is -0.710. The van der Waals surface area contributed by atoms with Crippen LogP contribution in [0.25, 0.3) is 0 Å². The molecule has 4 nitrogen and oxygen atoms in total. The Kier molecular flexibility index (Phi) is 10.5. The highest BCUT2D eigenvalue weighted by Crippen LogP contribution is 2.25. The Labute approximate surface area is 222 Å². The Morgan fingerprint density at radius 3 is 2.26 bits per heavy atom. The van der Waals surface area contributed by atoms with Crippen molar-refractivity contribution < 1.29 is 9.59 Å². The van der Waals surface area contributed by atoms with Crippen LogP contribution < -0.4 is 5.32 Å². The second-order valence-electron chi connectivity index (χ2n) is 8.39. The quantitative estimate of drug-likeness (QED) is 0.278. The van der Waals surface area contributed by atoms with E-state index in [4.69, 9.17) is 34.8 Å². The van der Waals surface area contributed by atoms with Gasteiger partial charge in [-0.15, -0.1) is 0 Å². The zero-order chi connectivity index (χ0) is 25.2. The van der Waals surface area contributed by atoms with Gasteiger partial charge in [-0.3, -0.25) is 9.59 Å². The highest BCUT2D eigenvalue weighted by molar-refractivity contribution is 6.42. The van der Waals surface area contributed by atoms with Crippen molar-refractivity contribution in [3.05, 3.63) is 105 Å². The molecule has 0 saturated heterocycles. The van der Waals surface area contributed by atoms with E-state index in [1.165, 1.54) is 0 Å². The van der Waals surface area contributed by atoms with Crippen LogP contribution in [0, 0.1) is 0 Å². The average molecular weight is 532 g/mol. The van der Waals surface area contributed by atoms with Crippen LogP contribution in [0.15, 0.2) is 72.8 Å². The van der Waals surface area contributed by atoms with Gasteiger partial charge in [0.1, 0.15) is 6.04 Å². The van der Waals surface area contributed by atoms with Gasteiger partial charge in [0.25, 0.3) is 0 Å². The Morgan fingerprint density at radius 2 is 1.57 bits per heavy atom. The summed E-state index contributed by atoms with van der Waals surface area (Å²) in [6.07, 6.45) is 2.29. The summed E-state index contributed by atoms with van der Waals surface area (Å²) in [4.78, 5) is 28.8. The van der Waals surface area contributed by atoms with Gasteiger partial charge in [-0.1, -0.05) is 103 Å². The van der Waals surface area contributed by atoms with Crippen molar-refractivity contribution in [3.8, 4) is 0 Å².